The molecule has 2 atom stereocenters. The fourth-order valence-electron chi connectivity index (χ4n) is 1.58. The van der Waals surface area contributed by atoms with Gasteiger partial charge in [0.15, 0.2) is 5.12 Å². The van der Waals surface area contributed by atoms with Crippen molar-refractivity contribution in [2.24, 2.45) is 0 Å². The lowest BCUT2D eigenvalue weighted by molar-refractivity contribution is -0.109. The predicted molar refractivity (Wildman–Crippen MR) is 74.7 cm³/mol. The molecule has 2 unspecified atom stereocenters. The minimum atomic E-state index is -0.925. The number of aliphatic hydroxyl groups excluding tert-OH is 2. The Balaban J connectivity index is 2.56. The molecule has 1 aromatic rings. The van der Waals surface area contributed by atoms with E-state index in [9.17, 15) is 15.0 Å². The van der Waals surface area contributed by atoms with Crippen LogP contribution in [0.2, 0.25) is 0 Å². The smallest absolute Gasteiger partial charge is 0.185 e. The number of thioether (sulfide) groups is 1. The SMILES string of the molecule is CNc1cccc(C(O)C(O)CCSC(C)=O)c1. The molecule has 1 rings (SSSR count). The summed E-state index contributed by atoms with van der Waals surface area (Å²) in [7, 11) is 1.80. The van der Waals surface area contributed by atoms with Crippen molar-refractivity contribution in [1.82, 2.24) is 0 Å². The maximum atomic E-state index is 10.8. The molecule has 4 nitrogen and oxygen atoms in total. The van der Waals surface area contributed by atoms with Crippen molar-refractivity contribution >= 4 is 22.6 Å². The molecular formula is C13H19NO3S. The first-order chi connectivity index (χ1) is 8.54. The molecule has 100 valence electrons. The van der Waals surface area contributed by atoms with Gasteiger partial charge in [0.25, 0.3) is 0 Å². The second kappa shape index (κ2) is 7.41. The molecule has 0 fully saturated rings. The summed E-state index contributed by atoms with van der Waals surface area (Å²) in [6.45, 7) is 1.49. The predicted octanol–water partition coefficient (Wildman–Crippen LogP) is 1.79. The fraction of sp³-hybridized carbons (Fsp3) is 0.462. The Hall–Kier alpha value is -1.04. The average molecular weight is 269 g/mol. The molecule has 0 amide bonds. The highest BCUT2D eigenvalue weighted by Gasteiger charge is 2.18. The summed E-state index contributed by atoms with van der Waals surface area (Å²) in [6, 6.07) is 7.27. The molecule has 0 saturated carbocycles. The molecule has 0 radical (unpaired) electrons. The van der Waals surface area contributed by atoms with Crippen LogP contribution in [0.25, 0.3) is 0 Å². The third-order valence-electron chi connectivity index (χ3n) is 2.60. The Morgan fingerprint density at radius 2 is 2.17 bits per heavy atom. The molecule has 5 heteroatoms. The zero-order valence-corrected chi connectivity index (χ0v) is 11.4. The largest absolute Gasteiger partial charge is 0.390 e. The summed E-state index contributed by atoms with van der Waals surface area (Å²) in [5, 5.41) is 22.9. The number of nitrogens with one attached hydrogen (secondary N) is 1. The van der Waals surface area contributed by atoms with Crippen molar-refractivity contribution in [2.75, 3.05) is 18.1 Å². The van der Waals surface area contributed by atoms with Gasteiger partial charge < -0.3 is 15.5 Å². The van der Waals surface area contributed by atoms with Gasteiger partial charge in [0.05, 0.1) is 6.10 Å². The van der Waals surface area contributed by atoms with E-state index in [2.05, 4.69) is 5.32 Å². The lowest BCUT2D eigenvalue weighted by atomic mass is 10.0. The molecule has 18 heavy (non-hydrogen) atoms. The molecule has 1 aromatic carbocycles. The molecule has 0 aliphatic rings. The van der Waals surface area contributed by atoms with Gasteiger partial charge in [0, 0.05) is 25.4 Å². The molecule has 0 saturated heterocycles. The Morgan fingerprint density at radius 3 is 2.78 bits per heavy atom. The van der Waals surface area contributed by atoms with Crippen LogP contribution in [0.1, 0.15) is 25.0 Å². The number of hydrogen-bond acceptors (Lipinski definition) is 5. The van der Waals surface area contributed by atoms with Crippen molar-refractivity contribution in [3.05, 3.63) is 29.8 Å². The number of carbonyl (C=O) groups excluding carboxylic acids is 1. The third-order valence-corrected chi connectivity index (χ3v) is 3.45. The van der Waals surface area contributed by atoms with E-state index in [-0.39, 0.29) is 5.12 Å². The van der Waals surface area contributed by atoms with E-state index in [0.717, 1.165) is 17.4 Å². The Labute approximate surface area is 111 Å². The van der Waals surface area contributed by atoms with Gasteiger partial charge in [-0.1, -0.05) is 23.9 Å². The minimum absolute atomic E-state index is 0.0221. The lowest BCUT2D eigenvalue weighted by Crippen LogP contribution is -2.19. The van der Waals surface area contributed by atoms with E-state index in [0.29, 0.717) is 17.7 Å². The molecule has 0 aliphatic heterocycles. The standard InChI is InChI=1S/C13H19NO3S/c1-9(15)18-7-6-12(16)13(17)10-4-3-5-11(8-10)14-2/h3-5,8,12-14,16-17H,6-7H2,1-2H3. The number of hydrogen-bond donors (Lipinski definition) is 3. The first-order valence-corrected chi connectivity index (χ1v) is 6.80. The molecular weight excluding hydrogens is 250 g/mol. The Bertz CT molecular complexity index is 398. The van der Waals surface area contributed by atoms with Crippen molar-refractivity contribution < 1.29 is 15.0 Å². The summed E-state index contributed by atoms with van der Waals surface area (Å²) in [6.07, 6.45) is -1.40. The normalized spacial score (nSPS) is 14.0. The minimum Gasteiger partial charge on any atom is -0.390 e. The summed E-state index contributed by atoms with van der Waals surface area (Å²) >= 11 is 1.16. The maximum absolute atomic E-state index is 10.8. The van der Waals surface area contributed by atoms with E-state index in [1.807, 2.05) is 12.1 Å². The molecule has 0 heterocycles. The van der Waals surface area contributed by atoms with E-state index in [1.165, 1.54) is 6.92 Å². The number of rotatable bonds is 6. The molecule has 0 aliphatic carbocycles. The second-order valence-corrected chi connectivity index (χ2v) is 5.29. The first-order valence-electron chi connectivity index (χ1n) is 5.81. The highest BCUT2D eigenvalue weighted by molar-refractivity contribution is 8.13. The number of carbonyl (C=O) groups is 1. The quantitative estimate of drug-likeness (QED) is 0.734. The van der Waals surface area contributed by atoms with Gasteiger partial charge in [0.1, 0.15) is 6.10 Å². The fourth-order valence-corrected chi connectivity index (χ4v) is 2.23. The van der Waals surface area contributed by atoms with Gasteiger partial charge in [-0.05, 0) is 24.1 Å². The van der Waals surface area contributed by atoms with Gasteiger partial charge in [-0.2, -0.15) is 0 Å². The summed E-state index contributed by atoms with van der Waals surface area (Å²) in [5.74, 6) is 0.513. The highest BCUT2D eigenvalue weighted by Crippen LogP contribution is 2.22. The van der Waals surface area contributed by atoms with Crippen LogP contribution in [0.4, 0.5) is 5.69 Å². The zero-order valence-electron chi connectivity index (χ0n) is 10.6. The van der Waals surface area contributed by atoms with Crippen LogP contribution in [0.5, 0.6) is 0 Å². The highest BCUT2D eigenvalue weighted by atomic mass is 32.2. The second-order valence-electron chi connectivity index (χ2n) is 4.02. The van der Waals surface area contributed by atoms with Gasteiger partial charge >= 0.3 is 0 Å². The van der Waals surface area contributed by atoms with Crippen LogP contribution in [0, 0.1) is 0 Å². The van der Waals surface area contributed by atoms with E-state index < -0.39 is 12.2 Å². The van der Waals surface area contributed by atoms with E-state index in [4.69, 9.17) is 0 Å². The number of anilines is 1. The van der Waals surface area contributed by atoms with Crippen LogP contribution in [0.3, 0.4) is 0 Å². The van der Waals surface area contributed by atoms with Crippen molar-refractivity contribution in [1.29, 1.82) is 0 Å². The monoisotopic (exact) mass is 269 g/mol. The summed E-state index contributed by atoms with van der Waals surface area (Å²) in [4.78, 5) is 10.8. The Morgan fingerprint density at radius 1 is 1.44 bits per heavy atom. The summed E-state index contributed by atoms with van der Waals surface area (Å²) in [5.41, 5.74) is 1.55. The molecule has 0 bridgehead atoms. The Kier molecular flexibility index (Phi) is 6.18. The molecule has 0 spiro atoms. The van der Waals surface area contributed by atoms with Gasteiger partial charge in [-0.3, -0.25) is 4.79 Å². The number of aliphatic hydroxyl groups is 2. The van der Waals surface area contributed by atoms with Crippen molar-refractivity contribution in [3.8, 4) is 0 Å². The number of benzene rings is 1. The lowest BCUT2D eigenvalue weighted by Gasteiger charge is -2.18. The van der Waals surface area contributed by atoms with Crippen LogP contribution in [0.15, 0.2) is 24.3 Å². The topological polar surface area (TPSA) is 69.6 Å². The van der Waals surface area contributed by atoms with Crippen LogP contribution >= 0.6 is 11.8 Å². The van der Waals surface area contributed by atoms with Crippen LogP contribution < -0.4 is 5.32 Å². The van der Waals surface area contributed by atoms with Gasteiger partial charge in [0.2, 0.25) is 0 Å². The first kappa shape index (κ1) is 15.0. The third kappa shape index (κ3) is 4.68. The van der Waals surface area contributed by atoms with E-state index >= 15 is 0 Å². The maximum Gasteiger partial charge on any atom is 0.185 e. The van der Waals surface area contributed by atoms with Crippen LogP contribution in [-0.4, -0.2) is 34.2 Å². The van der Waals surface area contributed by atoms with Crippen molar-refractivity contribution in [2.45, 2.75) is 25.6 Å². The van der Waals surface area contributed by atoms with Crippen molar-refractivity contribution in [3.63, 3.8) is 0 Å². The summed E-state index contributed by atoms with van der Waals surface area (Å²) < 4.78 is 0. The van der Waals surface area contributed by atoms with Gasteiger partial charge in [-0.25, -0.2) is 0 Å². The van der Waals surface area contributed by atoms with Gasteiger partial charge in [-0.15, -0.1) is 0 Å². The van der Waals surface area contributed by atoms with E-state index in [1.54, 1.807) is 19.2 Å². The molecule has 3 N–H and O–H groups in total. The molecule has 0 aromatic heterocycles. The average Bonchev–Trinajstić information content (AvgIpc) is 2.37. The zero-order chi connectivity index (χ0) is 13.5. The van der Waals surface area contributed by atoms with Crippen LogP contribution in [-0.2, 0) is 4.79 Å².